The van der Waals surface area contributed by atoms with E-state index in [4.69, 9.17) is 0 Å². The third-order valence-corrected chi connectivity index (χ3v) is 6.49. The Morgan fingerprint density at radius 3 is 2.68 bits per heavy atom. The first-order valence-corrected chi connectivity index (χ1v) is 9.03. The molecule has 22 heavy (non-hydrogen) atoms. The molecule has 0 unspecified atom stereocenters. The van der Waals surface area contributed by atoms with Crippen molar-refractivity contribution in [1.82, 2.24) is 14.2 Å². The zero-order valence-corrected chi connectivity index (χ0v) is 13.1. The number of nitrogens with one attached hydrogen (secondary N) is 1. The van der Waals surface area contributed by atoms with Gasteiger partial charge in [0, 0.05) is 32.4 Å². The molecular formula is C14H20N4O3S. The molecule has 7 nitrogen and oxygen atoms in total. The second-order valence-corrected chi connectivity index (χ2v) is 7.87. The largest absolute Gasteiger partial charge is 0.323 e. The Hall–Kier alpha value is -1.67. The highest BCUT2D eigenvalue weighted by atomic mass is 32.2. The predicted octanol–water partition coefficient (Wildman–Crippen LogP) is 1.11. The quantitative estimate of drug-likeness (QED) is 0.903. The summed E-state index contributed by atoms with van der Waals surface area (Å²) < 4.78 is 26.6. The Bertz CT molecular complexity index is 629. The second kappa shape index (κ2) is 6.21. The molecule has 2 fully saturated rings. The summed E-state index contributed by atoms with van der Waals surface area (Å²) in [6.45, 7) is 1.92. The van der Waals surface area contributed by atoms with Gasteiger partial charge in [0.2, 0.25) is 10.0 Å². The minimum absolute atomic E-state index is 0.248. The first-order chi connectivity index (χ1) is 10.6. The van der Waals surface area contributed by atoms with Crippen LogP contribution in [0.4, 0.5) is 10.6 Å². The van der Waals surface area contributed by atoms with E-state index in [2.05, 4.69) is 10.3 Å². The third kappa shape index (κ3) is 3.07. The van der Waals surface area contributed by atoms with Gasteiger partial charge in [-0.25, -0.2) is 22.5 Å². The maximum Gasteiger partial charge on any atom is 0.323 e. The molecule has 1 aromatic rings. The molecule has 2 aliphatic rings. The number of urea groups is 1. The van der Waals surface area contributed by atoms with E-state index >= 15 is 0 Å². The van der Waals surface area contributed by atoms with Gasteiger partial charge in [-0.05, 0) is 31.4 Å². The lowest BCUT2D eigenvalue weighted by atomic mass is 10.4. The molecule has 2 amide bonds. The minimum atomic E-state index is -3.28. The van der Waals surface area contributed by atoms with Crippen LogP contribution in [0, 0.1) is 0 Å². The summed E-state index contributed by atoms with van der Waals surface area (Å²) in [6, 6.07) is 4.96. The normalized spacial score (nSPS) is 22.9. The van der Waals surface area contributed by atoms with Gasteiger partial charge in [0.1, 0.15) is 5.82 Å². The highest BCUT2D eigenvalue weighted by molar-refractivity contribution is 7.89. The van der Waals surface area contributed by atoms with Crippen molar-refractivity contribution in [3.8, 4) is 0 Å². The van der Waals surface area contributed by atoms with Crippen LogP contribution in [0.5, 0.6) is 0 Å². The average molecular weight is 324 g/mol. The molecule has 1 atom stereocenters. The van der Waals surface area contributed by atoms with E-state index in [0.717, 1.165) is 12.8 Å². The number of amides is 2. The number of carbonyl (C=O) groups excluding carboxylic acids is 1. The molecule has 2 aliphatic heterocycles. The summed E-state index contributed by atoms with van der Waals surface area (Å²) in [5.74, 6) is 0.471. The van der Waals surface area contributed by atoms with Crippen molar-refractivity contribution in [3.63, 3.8) is 0 Å². The number of nitrogens with zero attached hydrogens (tertiary/aromatic N) is 3. The van der Waals surface area contributed by atoms with Crippen molar-refractivity contribution < 1.29 is 13.2 Å². The van der Waals surface area contributed by atoms with Crippen LogP contribution in [0.25, 0.3) is 0 Å². The summed E-state index contributed by atoms with van der Waals surface area (Å²) in [5.41, 5.74) is 0. The second-order valence-electron chi connectivity index (χ2n) is 5.65. The van der Waals surface area contributed by atoms with Crippen molar-refractivity contribution in [3.05, 3.63) is 24.4 Å². The fraction of sp³-hybridized carbons (Fsp3) is 0.571. The number of rotatable bonds is 3. The van der Waals surface area contributed by atoms with Crippen LogP contribution < -0.4 is 5.32 Å². The van der Waals surface area contributed by atoms with E-state index in [1.807, 2.05) is 0 Å². The van der Waals surface area contributed by atoms with Crippen LogP contribution in [0.3, 0.4) is 0 Å². The standard InChI is InChI=1S/C14H20N4O3S/c19-14(16-13-5-1-2-7-15-13)17-10-6-12(11-17)22(20,21)18-8-3-4-9-18/h1-2,5,7,12H,3-4,6,8-11H2,(H,15,16,19)/t12-/m1/s1. The SMILES string of the molecule is O=C(Nc1ccccn1)N1CC[C@@H](S(=O)(=O)N2CCCC2)C1. The number of pyridine rings is 1. The lowest BCUT2D eigenvalue weighted by Gasteiger charge is -2.21. The molecule has 0 aromatic carbocycles. The van der Waals surface area contributed by atoms with E-state index in [1.54, 1.807) is 33.6 Å². The predicted molar refractivity (Wildman–Crippen MR) is 83.0 cm³/mol. The van der Waals surface area contributed by atoms with Crippen LogP contribution in [0.15, 0.2) is 24.4 Å². The van der Waals surface area contributed by atoms with Gasteiger partial charge in [0.15, 0.2) is 0 Å². The average Bonchev–Trinajstić information content (AvgIpc) is 3.20. The Kier molecular flexibility index (Phi) is 4.30. The topological polar surface area (TPSA) is 82.6 Å². The monoisotopic (exact) mass is 324 g/mol. The molecular weight excluding hydrogens is 304 g/mol. The van der Waals surface area contributed by atoms with Crippen LogP contribution in [-0.2, 0) is 10.0 Å². The van der Waals surface area contributed by atoms with Crippen molar-refractivity contribution in [2.24, 2.45) is 0 Å². The fourth-order valence-electron chi connectivity index (χ4n) is 2.93. The Morgan fingerprint density at radius 2 is 2.00 bits per heavy atom. The Morgan fingerprint density at radius 1 is 1.23 bits per heavy atom. The van der Waals surface area contributed by atoms with Crippen LogP contribution in [0.1, 0.15) is 19.3 Å². The van der Waals surface area contributed by atoms with Gasteiger partial charge in [-0.15, -0.1) is 0 Å². The summed E-state index contributed by atoms with van der Waals surface area (Å²) in [5, 5.41) is 2.21. The van der Waals surface area contributed by atoms with Crippen molar-refractivity contribution in [1.29, 1.82) is 0 Å². The number of hydrogen-bond donors (Lipinski definition) is 1. The molecule has 120 valence electrons. The number of anilines is 1. The van der Waals surface area contributed by atoms with Crippen molar-refractivity contribution >= 4 is 21.9 Å². The lowest BCUT2D eigenvalue weighted by Crippen LogP contribution is -2.40. The van der Waals surface area contributed by atoms with Crippen molar-refractivity contribution in [2.75, 3.05) is 31.5 Å². The van der Waals surface area contributed by atoms with Gasteiger partial charge >= 0.3 is 6.03 Å². The zero-order valence-electron chi connectivity index (χ0n) is 12.3. The van der Waals surface area contributed by atoms with E-state index in [9.17, 15) is 13.2 Å². The fourth-order valence-corrected chi connectivity index (χ4v) is 4.89. The molecule has 0 aliphatic carbocycles. The molecule has 3 rings (SSSR count). The summed E-state index contributed by atoms with van der Waals surface area (Å²) in [6.07, 6.45) is 3.94. The molecule has 8 heteroatoms. The number of carbonyl (C=O) groups is 1. The number of hydrogen-bond acceptors (Lipinski definition) is 4. The molecule has 2 saturated heterocycles. The zero-order chi connectivity index (χ0) is 15.6. The van der Waals surface area contributed by atoms with E-state index in [0.29, 0.717) is 31.9 Å². The summed E-state index contributed by atoms with van der Waals surface area (Å²) >= 11 is 0. The molecule has 0 bridgehead atoms. The van der Waals surface area contributed by atoms with Crippen molar-refractivity contribution in [2.45, 2.75) is 24.5 Å². The van der Waals surface area contributed by atoms with E-state index in [-0.39, 0.29) is 12.6 Å². The number of aromatic nitrogens is 1. The van der Waals surface area contributed by atoms with Gasteiger partial charge in [0.05, 0.1) is 5.25 Å². The number of sulfonamides is 1. The maximum absolute atomic E-state index is 12.5. The first-order valence-electron chi connectivity index (χ1n) is 7.53. The Balaban J connectivity index is 1.61. The molecule has 3 heterocycles. The summed E-state index contributed by atoms with van der Waals surface area (Å²) in [4.78, 5) is 17.8. The van der Waals surface area contributed by atoms with Gasteiger partial charge in [0.25, 0.3) is 0 Å². The highest BCUT2D eigenvalue weighted by Crippen LogP contribution is 2.24. The highest BCUT2D eigenvalue weighted by Gasteiger charge is 2.39. The van der Waals surface area contributed by atoms with Crippen LogP contribution in [0.2, 0.25) is 0 Å². The molecule has 0 saturated carbocycles. The van der Waals surface area contributed by atoms with Gasteiger partial charge < -0.3 is 4.90 Å². The third-order valence-electron chi connectivity index (χ3n) is 4.18. The van der Waals surface area contributed by atoms with Crippen LogP contribution >= 0.6 is 0 Å². The smallest absolute Gasteiger partial charge is 0.323 e. The van der Waals surface area contributed by atoms with Gasteiger partial charge in [-0.1, -0.05) is 6.07 Å². The molecule has 1 N–H and O–H groups in total. The van der Waals surface area contributed by atoms with Gasteiger partial charge in [-0.3, -0.25) is 5.32 Å². The first kappa shape index (κ1) is 15.2. The molecule has 1 aromatic heterocycles. The number of likely N-dealkylation sites (tertiary alicyclic amines) is 1. The van der Waals surface area contributed by atoms with Gasteiger partial charge in [-0.2, -0.15) is 0 Å². The van der Waals surface area contributed by atoms with E-state index in [1.165, 1.54) is 0 Å². The molecule has 0 spiro atoms. The van der Waals surface area contributed by atoms with Crippen LogP contribution in [-0.4, -0.2) is 60.1 Å². The van der Waals surface area contributed by atoms with E-state index < -0.39 is 15.3 Å². The lowest BCUT2D eigenvalue weighted by molar-refractivity contribution is 0.222. The molecule has 0 radical (unpaired) electrons. The Labute approximate surface area is 130 Å². The maximum atomic E-state index is 12.5. The minimum Gasteiger partial charge on any atom is -0.323 e. The summed E-state index contributed by atoms with van der Waals surface area (Å²) in [7, 11) is -3.28.